The van der Waals surface area contributed by atoms with E-state index in [0.717, 1.165) is 55.2 Å². The van der Waals surface area contributed by atoms with Gasteiger partial charge in [0.05, 0.1) is 33.4 Å². The highest BCUT2D eigenvalue weighted by Gasteiger charge is 2.52. The lowest BCUT2D eigenvalue weighted by Crippen LogP contribution is -2.25. The van der Waals surface area contributed by atoms with E-state index in [1.165, 1.54) is 55.3 Å². The Morgan fingerprint density at radius 1 is 0.396 bits per heavy atom. The molecule has 3 heteroatoms. The first-order valence-electron chi connectivity index (χ1n) is 18.2. The zero-order chi connectivity index (χ0) is 34.7. The van der Waals surface area contributed by atoms with Gasteiger partial charge in [0, 0.05) is 44.3 Å². The number of para-hydroxylation sites is 1. The van der Waals surface area contributed by atoms with Crippen LogP contribution in [0.25, 0.3) is 88.2 Å². The molecular weight excluding hydrogens is 643 g/mol. The molecular formula is C50H29N3. The van der Waals surface area contributed by atoms with Crippen molar-refractivity contribution >= 4 is 43.5 Å². The van der Waals surface area contributed by atoms with E-state index >= 15 is 0 Å². The summed E-state index contributed by atoms with van der Waals surface area (Å²) in [6.07, 6.45) is 1.84. The second kappa shape index (κ2) is 10.5. The molecule has 0 amide bonds. The highest BCUT2D eigenvalue weighted by Crippen LogP contribution is 2.64. The summed E-state index contributed by atoms with van der Waals surface area (Å²) < 4.78 is 0. The number of pyridine rings is 3. The summed E-state index contributed by atoms with van der Waals surface area (Å²) in [4.78, 5) is 15.2. The van der Waals surface area contributed by atoms with Crippen LogP contribution in [0.1, 0.15) is 22.3 Å². The van der Waals surface area contributed by atoms with Gasteiger partial charge in [0.1, 0.15) is 0 Å². The third-order valence-electron chi connectivity index (χ3n) is 11.7. The average molecular weight is 672 g/mol. The van der Waals surface area contributed by atoms with Gasteiger partial charge in [-0.1, -0.05) is 152 Å². The highest BCUT2D eigenvalue weighted by atomic mass is 14.8. The van der Waals surface area contributed by atoms with Crippen molar-refractivity contribution in [2.24, 2.45) is 0 Å². The van der Waals surface area contributed by atoms with Gasteiger partial charge in [0.15, 0.2) is 0 Å². The fraction of sp³-hybridized carbons (Fsp3) is 0.0200. The minimum atomic E-state index is -0.396. The van der Waals surface area contributed by atoms with Gasteiger partial charge in [0.2, 0.25) is 0 Å². The van der Waals surface area contributed by atoms with Gasteiger partial charge in [-0.25, -0.2) is 9.97 Å². The lowest BCUT2D eigenvalue weighted by atomic mass is 9.70. The van der Waals surface area contributed by atoms with Gasteiger partial charge in [0.25, 0.3) is 0 Å². The third kappa shape index (κ3) is 3.75. The Morgan fingerprint density at radius 2 is 1.02 bits per heavy atom. The summed E-state index contributed by atoms with van der Waals surface area (Å²) in [5.74, 6) is 0. The van der Waals surface area contributed by atoms with Crippen LogP contribution in [-0.2, 0) is 5.41 Å². The van der Waals surface area contributed by atoms with Gasteiger partial charge < -0.3 is 0 Å². The van der Waals surface area contributed by atoms with Crippen molar-refractivity contribution in [3.63, 3.8) is 0 Å². The van der Waals surface area contributed by atoms with Crippen LogP contribution < -0.4 is 0 Å². The van der Waals surface area contributed by atoms with Gasteiger partial charge in [-0.15, -0.1) is 0 Å². The van der Waals surface area contributed by atoms with E-state index < -0.39 is 5.41 Å². The standard InChI is InChI=1S/C50H29N3/c1-5-15-39-34(11-1)35-12-2-6-16-40(35)50(39)41-17-7-3-13-36(41)46-42(50)27-26-38-45(46)37-14-4-8-18-44(37)53-47(38)32-21-19-30(20-22-32)43-28-25-33-24-23-31-10-9-29-51-48(31)49(33)52-43/h1-29H. The van der Waals surface area contributed by atoms with E-state index in [0.29, 0.717) is 0 Å². The van der Waals surface area contributed by atoms with Crippen molar-refractivity contribution in [1.29, 1.82) is 0 Å². The number of nitrogens with zero attached hydrogens (tertiary/aromatic N) is 3. The fourth-order valence-electron chi connectivity index (χ4n) is 9.53. The van der Waals surface area contributed by atoms with E-state index in [9.17, 15) is 0 Å². The number of aromatic nitrogens is 3. The van der Waals surface area contributed by atoms with Crippen LogP contribution in [0.3, 0.4) is 0 Å². The molecule has 0 N–H and O–H groups in total. The molecule has 0 unspecified atom stereocenters. The summed E-state index contributed by atoms with van der Waals surface area (Å²) in [6.45, 7) is 0. The Labute approximate surface area is 305 Å². The molecule has 1 spiro atoms. The quantitative estimate of drug-likeness (QED) is 0.172. The number of fused-ring (bicyclic) bond motifs is 17. The smallest absolute Gasteiger partial charge is 0.0972 e. The zero-order valence-corrected chi connectivity index (χ0v) is 28.6. The molecule has 2 aliphatic carbocycles. The molecule has 3 heterocycles. The molecule has 0 saturated carbocycles. The molecule has 0 bridgehead atoms. The number of rotatable bonds is 2. The maximum Gasteiger partial charge on any atom is 0.0972 e. The van der Waals surface area contributed by atoms with Crippen LogP contribution in [0.4, 0.5) is 0 Å². The SMILES string of the molecule is c1ccc2c(c1)-c1ccccc1C21c2ccccc2-c2c1ccc1c(-c3ccc(-c4ccc5ccc6cccnc6c5n4)cc3)nc3ccccc3c21. The predicted molar refractivity (Wildman–Crippen MR) is 217 cm³/mol. The van der Waals surface area contributed by atoms with Crippen molar-refractivity contribution < 1.29 is 0 Å². The maximum absolute atomic E-state index is 5.37. The molecule has 244 valence electrons. The molecule has 0 radical (unpaired) electrons. The van der Waals surface area contributed by atoms with E-state index in [2.05, 4.69) is 169 Å². The minimum Gasteiger partial charge on any atom is -0.254 e. The van der Waals surface area contributed by atoms with Gasteiger partial charge in [-0.2, -0.15) is 0 Å². The molecule has 3 aromatic heterocycles. The van der Waals surface area contributed by atoms with E-state index in [4.69, 9.17) is 9.97 Å². The molecule has 53 heavy (non-hydrogen) atoms. The van der Waals surface area contributed by atoms with E-state index in [-0.39, 0.29) is 0 Å². The lowest BCUT2D eigenvalue weighted by molar-refractivity contribution is 0.794. The Hall–Kier alpha value is -6.97. The first-order valence-corrected chi connectivity index (χ1v) is 18.2. The summed E-state index contributed by atoms with van der Waals surface area (Å²) in [6, 6.07) is 61.7. The molecule has 0 aliphatic heterocycles. The van der Waals surface area contributed by atoms with Crippen LogP contribution in [0.5, 0.6) is 0 Å². The minimum absolute atomic E-state index is 0.396. The normalized spacial score (nSPS) is 13.4. The van der Waals surface area contributed by atoms with Crippen molar-refractivity contribution in [2.45, 2.75) is 5.41 Å². The Balaban J connectivity index is 1.09. The second-order valence-corrected chi connectivity index (χ2v) is 14.3. The Bertz CT molecular complexity index is 3130. The summed E-state index contributed by atoms with van der Waals surface area (Å²) in [7, 11) is 0. The molecule has 7 aromatic carbocycles. The van der Waals surface area contributed by atoms with Crippen LogP contribution in [-0.4, -0.2) is 15.0 Å². The van der Waals surface area contributed by atoms with Crippen molar-refractivity contribution in [3.05, 3.63) is 198 Å². The average Bonchev–Trinajstić information content (AvgIpc) is 3.71. The second-order valence-electron chi connectivity index (χ2n) is 14.3. The van der Waals surface area contributed by atoms with Crippen LogP contribution >= 0.6 is 0 Å². The summed E-state index contributed by atoms with van der Waals surface area (Å²) in [5.41, 5.74) is 17.1. The molecule has 0 fully saturated rings. The number of benzene rings is 7. The Morgan fingerprint density at radius 3 is 1.79 bits per heavy atom. The van der Waals surface area contributed by atoms with Crippen LogP contribution in [0.15, 0.2) is 176 Å². The largest absolute Gasteiger partial charge is 0.254 e. The van der Waals surface area contributed by atoms with E-state index in [1.807, 2.05) is 12.3 Å². The van der Waals surface area contributed by atoms with Crippen molar-refractivity contribution in [3.8, 4) is 44.8 Å². The molecule has 3 nitrogen and oxygen atoms in total. The topological polar surface area (TPSA) is 38.7 Å². The fourth-order valence-corrected chi connectivity index (χ4v) is 9.53. The van der Waals surface area contributed by atoms with Gasteiger partial charge in [-0.3, -0.25) is 4.98 Å². The third-order valence-corrected chi connectivity index (χ3v) is 11.7. The molecule has 12 rings (SSSR count). The van der Waals surface area contributed by atoms with Gasteiger partial charge >= 0.3 is 0 Å². The zero-order valence-electron chi connectivity index (χ0n) is 28.6. The molecule has 0 atom stereocenters. The summed E-state index contributed by atoms with van der Waals surface area (Å²) in [5, 5.41) is 5.77. The molecule has 2 aliphatic rings. The van der Waals surface area contributed by atoms with Crippen LogP contribution in [0, 0.1) is 0 Å². The van der Waals surface area contributed by atoms with Crippen molar-refractivity contribution in [1.82, 2.24) is 15.0 Å². The monoisotopic (exact) mass is 671 g/mol. The van der Waals surface area contributed by atoms with Crippen molar-refractivity contribution in [2.75, 3.05) is 0 Å². The number of hydrogen-bond acceptors (Lipinski definition) is 3. The first kappa shape index (κ1) is 28.7. The lowest BCUT2D eigenvalue weighted by Gasteiger charge is -2.30. The van der Waals surface area contributed by atoms with Gasteiger partial charge in [-0.05, 0) is 62.7 Å². The number of hydrogen-bond donors (Lipinski definition) is 0. The highest BCUT2D eigenvalue weighted by molar-refractivity contribution is 6.20. The van der Waals surface area contributed by atoms with Crippen LogP contribution in [0.2, 0.25) is 0 Å². The molecule has 0 saturated heterocycles. The summed E-state index contributed by atoms with van der Waals surface area (Å²) >= 11 is 0. The van der Waals surface area contributed by atoms with E-state index in [1.54, 1.807) is 0 Å². The molecule has 10 aromatic rings. The predicted octanol–water partition coefficient (Wildman–Crippen LogP) is 12.2. The maximum atomic E-state index is 5.37. The first-order chi connectivity index (χ1) is 26.3. The Kier molecular flexibility index (Phi) is 5.70.